The van der Waals surface area contributed by atoms with Crippen molar-refractivity contribution in [2.75, 3.05) is 11.9 Å². The van der Waals surface area contributed by atoms with Gasteiger partial charge in [0.2, 0.25) is 11.5 Å². The zero-order valence-electron chi connectivity index (χ0n) is 12.6. The molecule has 0 fully saturated rings. The quantitative estimate of drug-likeness (QED) is 0.741. The minimum absolute atomic E-state index is 0.0673. The Morgan fingerprint density at radius 2 is 2.26 bits per heavy atom. The van der Waals surface area contributed by atoms with Crippen molar-refractivity contribution in [1.82, 2.24) is 9.97 Å². The summed E-state index contributed by atoms with van der Waals surface area (Å²) in [5.74, 6) is -1.16. The number of esters is 1. The number of hydrogen-bond acceptors (Lipinski definition) is 6. The Hall–Kier alpha value is -2.96. The Bertz CT molecular complexity index is 876. The average Bonchev–Trinajstić information content (AvgIpc) is 2.89. The van der Waals surface area contributed by atoms with E-state index in [0.29, 0.717) is 5.39 Å². The van der Waals surface area contributed by atoms with E-state index in [4.69, 9.17) is 9.15 Å². The Kier molecular flexibility index (Phi) is 3.92. The first-order valence-corrected chi connectivity index (χ1v) is 7.03. The van der Waals surface area contributed by atoms with Gasteiger partial charge in [-0.25, -0.2) is 19.2 Å². The molecule has 0 saturated heterocycles. The average molecular weight is 315 g/mol. The minimum atomic E-state index is -0.652. The van der Waals surface area contributed by atoms with E-state index in [0.717, 1.165) is 5.56 Å². The van der Waals surface area contributed by atoms with Crippen LogP contribution in [0, 0.1) is 12.7 Å². The topological polar surface area (TPSA) is 77.2 Å². The molecule has 0 unspecified atom stereocenters. The number of aromatic nitrogens is 2. The SMILES string of the molecule is CCOC(=O)c1oc2ncncc2c1Nc1ccc(C)cc1F. The van der Waals surface area contributed by atoms with Crippen LogP contribution in [-0.4, -0.2) is 22.5 Å². The molecule has 0 radical (unpaired) electrons. The lowest BCUT2D eigenvalue weighted by Crippen LogP contribution is -2.06. The molecule has 0 saturated carbocycles. The second kappa shape index (κ2) is 6.04. The predicted molar refractivity (Wildman–Crippen MR) is 82.2 cm³/mol. The molecule has 6 nitrogen and oxygen atoms in total. The van der Waals surface area contributed by atoms with Crippen LogP contribution >= 0.6 is 0 Å². The van der Waals surface area contributed by atoms with Crippen molar-refractivity contribution in [3.8, 4) is 0 Å². The zero-order chi connectivity index (χ0) is 16.4. The van der Waals surface area contributed by atoms with Crippen molar-refractivity contribution in [3.05, 3.63) is 47.9 Å². The highest BCUT2D eigenvalue weighted by atomic mass is 19.1. The largest absolute Gasteiger partial charge is 0.460 e. The van der Waals surface area contributed by atoms with Crippen LogP contribution in [0.4, 0.5) is 15.8 Å². The third kappa shape index (κ3) is 2.85. The van der Waals surface area contributed by atoms with Gasteiger partial charge in [-0.15, -0.1) is 0 Å². The molecule has 0 bridgehead atoms. The van der Waals surface area contributed by atoms with E-state index in [1.54, 1.807) is 26.0 Å². The van der Waals surface area contributed by atoms with E-state index < -0.39 is 11.8 Å². The number of halogens is 1. The first-order chi connectivity index (χ1) is 11.1. The van der Waals surface area contributed by atoms with E-state index in [9.17, 15) is 9.18 Å². The number of carbonyl (C=O) groups excluding carboxylic acids is 1. The van der Waals surface area contributed by atoms with Crippen LogP contribution in [-0.2, 0) is 4.74 Å². The summed E-state index contributed by atoms with van der Waals surface area (Å²) in [5, 5.41) is 3.35. The van der Waals surface area contributed by atoms with Gasteiger partial charge in [0.1, 0.15) is 17.8 Å². The van der Waals surface area contributed by atoms with Gasteiger partial charge in [0.15, 0.2) is 0 Å². The van der Waals surface area contributed by atoms with Crippen LogP contribution < -0.4 is 5.32 Å². The van der Waals surface area contributed by atoms with E-state index >= 15 is 0 Å². The molecular formula is C16H14FN3O3. The molecule has 3 aromatic rings. The highest BCUT2D eigenvalue weighted by Crippen LogP contribution is 2.33. The summed E-state index contributed by atoms with van der Waals surface area (Å²) < 4.78 is 24.5. The Morgan fingerprint density at radius 1 is 1.43 bits per heavy atom. The Labute approximate surface area is 131 Å². The van der Waals surface area contributed by atoms with Gasteiger partial charge >= 0.3 is 5.97 Å². The number of nitrogens with zero attached hydrogens (tertiary/aromatic N) is 2. The number of ether oxygens (including phenoxy) is 1. The number of fused-ring (bicyclic) bond motifs is 1. The molecule has 7 heteroatoms. The molecule has 0 atom stereocenters. The van der Waals surface area contributed by atoms with E-state index in [1.165, 1.54) is 18.6 Å². The summed E-state index contributed by atoms with van der Waals surface area (Å²) in [6, 6.07) is 4.74. The van der Waals surface area contributed by atoms with Crippen molar-refractivity contribution in [2.45, 2.75) is 13.8 Å². The molecule has 0 amide bonds. The van der Waals surface area contributed by atoms with Gasteiger partial charge in [-0.1, -0.05) is 6.07 Å². The molecule has 3 rings (SSSR count). The van der Waals surface area contributed by atoms with E-state index in [-0.39, 0.29) is 29.5 Å². The van der Waals surface area contributed by atoms with Crippen molar-refractivity contribution in [1.29, 1.82) is 0 Å². The number of rotatable bonds is 4. The number of anilines is 2. The maximum Gasteiger partial charge on any atom is 0.376 e. The van der Waals surface area contributed by atoms with Crippen molar-refractivity contribution in [2.24, 2.45) is 0 Å². The maximum atomic E-state index is 14.1. The van der Waals surface area contributed by atoms with E-state index in [2.05, 4.69) is 15.3 Å². The number of furan rings is 1. The Morgan fingerprint density at radius 3 is 3.00 bits per heavy atom. The van der Waals surface area contributed by atoms with Crippen molar-refractivity contribution < 1.29 is 18.3 Å². The van der Waals surface area contributed by atoms with Crippen molar-refractivity contribution >= 4 is 28.4 Å². The van der Waals surface area contributed by atoms with Crippen LogP contribution in [0.3, 0.4) is 0 Å². The number of aryl methyl sites for hydroxylation is 1. The molecule has 0 aliphatic heterocycles. The van der Waals surface area contributed by atoms with Gasteiger partial charge in [0.05, 0.1) is 17.7 Å². The van der Waals surface area contributed by atoms with Gasteiger partial charge in [0.25, 0.3) is 0 Å². The highest BCUT2D eigenvalue weighted by molar-refractivity contribution is 6.04. The molecule has 0 aliphatic rings. The van der Waals surface area contributed by atoms with Crippen LogP contribution in [0.25, 0.3) is 11.1 Å². The number of benzene rings is 1. The molecule has 118 valence electrons. The van der Waals surface area contributed by atoms with Crippen molar-refractivity contribution in [3.63, 3.8) is 0 Å². The zero-order valence-corrected chi connectivity index (χ0v) is 12.6. The fourth-order valence-electron chi connectivity index (χ4n) is 2.16. The minimum Gasteiger partial charge on any atom is -0.460 e. The number of carbonyl (C=O) groups is 1. The van der Waals surface area contributed by atoms with Gasteiger partial charge < -0.3 is 14.5 Å². The smallest absolute Gasteiger partial charge is 0.376 e. The Balaban J connectivity index is 2.10. The van der Waals surface area contributed by atoms with Crippen LogP contribution in [0.2, 0.25) is 0 Å². The third-order valence-corrected chi connectivity index (χ3v) is 3.22. The lowest BCUT2D eigenvalue weighted by molar-refractivity contribution is 0.0494. The standard InChI is InChI=1S/C16H14FN3O3/c1-3-22-16(21)14-13(10-7-18-8-19-15(10)23-14)20-12-5-4-9(2)6-11(12)17/h4-8,20H,3H2,1-2H3. The molecular weight excluding hydrogens is 301 g/mol. The van der Waals surface area contributed by atoms with Gasteiger partial charge in [-0.3, -0.25) is 0 Å². The first-order valence-electron chi connectivity index (χ1n) is 7.03. The predicted octanol–water partition coefficient (Wildman–Crippen LogP) is 3.59. The molecule has 23 heavy (non-hydrogen) atoms. The number of nitrogens with one attached hydrogen (secondary N) is 1. The fraction of sp³-hybridized carbons (Fsp3) is 0.188. The molecule has 0 aliphatic carbocycles. The first kappa shape index (κ1) is 15.0. The number of hydrogen-bond donors (Lipinski definition) is 1. The molecule has 2 aromatic heterocycles. The summed E-state index contributed by atoms with van der Waals surface area (Å²) in [5.41, 5.74) is 1.51. The van der Waals surface area contributed by atoms with E-state index in [1.807, 2.05) is 0 Å². The monoisotopic (exact) mass is 315 g/mol. The maximum absolute atomic E-state index is 14.1. The summed E-state index contributed by atoms with van der Waals surface area (Å²) in [4.78, 5) is 19.9. The second-order valence-electron chi connectivity index (χ2n) is 4.88. The van der Waals surface area contributed by atoms with Crippen LogP contribution in [0.15, 0.2) is 35.1 Å². The molecule has 0 spiro atoms. The van der Waals surface area contributed by atoms with Gasteiger partial charge in [-0.05, 0) is 31.5 Å². The summed E-state index contributed by atoms with van der Waals surface area (Å²) in [7, 11) is 0. The third-order valence-electron chi connectivity index (χ3n) is 3.22. The fourth-order valence-corrected chi connectivity index (χ4v) is 2.16. The summed E-state index contributed by atoms with van der Waals surface area (Å²) in [6.07, 6.45) is 2.79. The lowest BCUT2D eigenvalue weighted by Gasteiger charge is -2.08. The van der Waals surface area contributed by atoms with Gasteiger partial charge in [0, 0.05) is 6.20 Å². The highest BCUT2D eigenvalue weighted by Gasteiger charge is 2.23. The van der Waals surface area contributed by atoms with Crippen LogP contribution in [0.5, 0.6) is 0 Å². The molecule has 1 N–H and O–H groups in total. The molecule has 1 aromatic carbocycles. The van der Waals surface area contributed by atoms with Crippen LogP contribution in [0.1, 0.15) is 23.0 Å². The lowest BCUT2D eigenvalue weighted by atomic mass is 10.2. The van der Waals surface area contributed by atoms with Gasteiger partial charge in [-0.2, -0.15) is 0 Å². The summed E-state index contributed by atoms with van der Waals surface area (Å²) in [6.45, 7) is 3.67. The second-order valence-corrected chi connectivity index (χ2v) is 4.88. The molecule has 2 heterocycles. The summed E-state index contributed by atoms with van der Waals surface area (Å²) >= 11 is 0. The normalized spacial score (nSPS) is 10.7.